The lowest BCUT2D eigenvalue weighted by Crippen LogP contribution is -2.47. The Morgan fingerprint density at radius 3 is 2.46 bits per heavy atom. The van der Waals surface area contributed by atoms with Crippen LogP contribution in [0.15, 0.2) is 36.4 Å². The number of aliphatic carboxylic acids is 1. The van der Waals surface area contributed by atoms with Crippen molar-refractivity contribution < 1.29 is 14.7 Å². The lowest BCUT2D eigenvalue weighted by molar-refractivity contribution is -0.139. The van der Waals surface area contributed by atoms with Crippen molar-refractivity contribution in [3.05, 3.63) is 53.3 Å². The number of nitrogens with one attached hydrogen (secondary N) is 2. The van der Waals surface area contributed by atoms with Gasteiger partial charge in [0.25, 0.3) is 0 Å². The number of H-pyrrole nitrogens is 1. The molecule has 0 radical (unpaired) electrons. The lowest BCUT2D eigenvalue weighted by Gasteiger charge is -2.21. The number of nitrogens with zero attached hydrogens (tertiary/aromatic N) is 2. The molecule has 2 amide bonds. The molecule has 140 valence electrons. The Kier molecular flexibility index (Phi) is 6.02. The Labute approximate surface area is 153 Å². The monoisotopic (exact) mass is 358 g/mol. The smallest absolute Gasteiger partial charge is 0.326 e. The van der Waals surface area contributed by atoms with Crippen molar-refractivity contribution in [2.45, 2.75) is 45.2 Å². The Hall–Kier alpha value is -2.83. The summed E-state index contributed by atoms with van der Waals surface area (Å²) in [6, 6.07) is 9.71. The van der Waals surface area contributed by atoms with Crippen LogP contribution in [0, 0.1) is 0 Å². The first-order chi connectivity index (χ1) is 12.2. The Morgan fingerprint density at radius 2 is 1.92 bits per heavy atom. The Balaban J connectivity index is 1.97. The van der Waals surface area contributed by atoms with E-state index in [-0.39, 0.29) is 11.8 Å². The van der Waals surface area contributed by atoms with Gasteiger partial charge in [0.2, 0.25) is 0 Å². The van der Waals surface area contributed by atoms with E-state index in [1.54, 1.807) is 7.05 Å². The van der Waals surface area contributed by atoms with Gasteiger partial charge >= 0.3 is 12.0 Å². The molecule has 7 heteroatoms. The summed E-state index contributed by atoms with van der Waals surface area (Å²) in [5.74, 6) is -1.06. The minimum atomic E-state index is -1.06. The lowest BCUT2D eigenvalue weighted by atomic mass is 9.92. The second-order valence-corrected chi connectivity index (χ2v) is 7.41. The zero-order valence-corrected chi connectivity index (χ0v) is 15.6. The number of aromatic amines is 1. The second kappa shape index (κ2) is 8.03. The second-order valence-electron chi connectivity index (χ2n) is 7.41. The van der Waals surface area contributed by atoms with Crippen molar-refractivity contribution in [1.29, 1.82) is 0 Å². The molecule has 0 unspecified atom stereocenters. The van der Waals surface area contributed by atoms with Crippen molar-refractivity contribution in [3.8, 4) is 0 Å². The number of benzene rings is 1. The number of carbonyl (C=O) groups excluding carboxylic acids is 1. The van der Waals surface area contributed by atoms with E-state index in [9.17, 15) is 14.7 Å². The van der Waals surface area contributed by atoms with Crippen molar-refractivity contribution in [3.63, 3.8) is 0 Å². The fourth-order valence-corrected chi connectivity index (χ4v) is 2.46. The highest BCUT2D eigenvalue weighted by atomic mass is 16.4. The molecule has 2 aromatic rings. The average Bonchev–Trinajstić information content (AvgIpc) is 3.03. The third kappa shape index (κ3) is 5.34. The van der Waals surface area contributed by atoms with Crippen LogP contribution in [0.1, 0.15) is 37.7 Å². The van der Waals surface area contributed by atoms with E-state index >= 15 is 0 Å². The number of carboxylic acids is 1. The maximum absolute atomic E-state index is 12.4. The molecule has 1 heterocycles. The van der Waals surface area contributed by atoms with Crippen LogP contribution >= 0.6 is 0 Å². The molecule has 0 aliphatic rings. The summed E-state index contributed by atoms with van der Waals surface area (Å²) in [6.07, 6.45) is 0.230. The van der Waals surface area contributed by atoms with Gasteiger partial charge in [0.05, 0.1) is 17.9 Å². The van der Waals surface area contributed by atoms with E-state index in [1.165, 1.54) is 4.90 Å². The molecule has 0 aliphatic carbocycles. The summed E-state index contributed by atoms with van der Waals surface area (Å²) < 4.78 is 0. The Bertz CT molecular complexity index is 750. The number of hydrogen-bond donors (Lipinski definition) is 3. The molecule has 2 rings (SSSR count). The molecular formula is C19H26N4O3. The molecule has 26 heavy (non-hydrogen) atoms. The highest BCUT2D eigenvalue weighted by Crippen LogP contribution is 2.20. The molecular weight excluding hydrogens is 332 g/mol. The summed E-state index contributed by atoms with van der Waals surface area (Å²) in [5, 5.41) is 19.2. The topological polar surface area (TPSA) is 98.3 Å². The molecule has 0 spiro atoms. The zero-order valence-electron chi connectivity index (χ0n) is 15.6. The van der Waals surface area contributed by atoms with Crippen molar-refractivity contribution in [1.82, 2.24) is 20.4 Å². The van der Waals surface area contributed by atoms with Gasteiger partial charge in [-0.2, -0.15) is 5.10 Å². The maximum Gasteiger partial charge on any atom is 0.326 e. The molecule has 1 aromatic heterocycles. The number of amides is 2. The molecule has 0 saturated carbocycles. The van der Waals surface area contributed by atoms with E-state index in [0.29, 0.717) is 6.54 Å². The SMILES string of the molecule is CN(Cc1cc(C(C)(C)C)n[nH]1)C(=O)N[C@@H](Cc1ccccc1)C(=O)O. The van der Waals surface area contributed by atoms with Gasteiger partial charge in [-0.15, -0.1) is 0 Å². The first-order valence-corrected chi connectivity index (χ1v) is 8.50. The third-order valence-electron chi connectivity index (χ3n) is 4.03. The van der Waals surface area contributed by atoms with Crippen LogP contribution in [0.4, 0.5) is 4.79 Å². The van der Waals surface area contributed by atoms with Gasteiger partial charge in [0.15, 0.2) is 0 Å². The molecule has 7 nitrogen and oxygen atoms in total. The molecule has 1 aromatic carbocycles. The third-order valence-corrected chi connectivity index (χ3v) is 4.03. The first kappa shape index (κ1) is 19.5. The number of rotatable bonds is 6. The van der Waals surface area contributed by atoms with Crippen molar-refractivity contribution in [2.75, 3.05) is 7.05 Å². The predicted molar refractivity (Wildman–Crippen MR) is 98.9 cm³/mol. The minimum Gasteiger partial charge on any atom is -0.480 e. The van der Waals surface area contributed by atoms with Crippen molar-refractivity contribution in [2.24, 2.45) is 0 Å². The van der Waals surface area contributed by atoms with Crippen LogP contribution in [-0.2, 0) is 23.2 Å². The highest BCUT2D eigenvalue weighted by molar-refractivity contribution is 5.82. The summed E-state index contributed by atoms with van der Waals surface area (Å²) in [7, 11) is 1.62. The van der Waals surface area contributed by atoms with E-state index in [0.717, 1.165) is 17.0 Å². The van der Waals surface area contributed by atoms with Crippen LogP contribution in [0.2, 0.25) is 0 Å². The van der Waals surface area contributed by atoms with Crippen LogP contribution in [0.3, 0.4) is 0 Å². The van der Waals surface area contributed by atoms with Crippen LogP contribution in [0.25, 0.3) is 0 Å². The number of hydrogen-bond acceptors (Lipinski definition) is 3. The molecule has 1 atom stereocenters. The molecule has 3 N–H and O–H groups in total. The van der Waals surface area contributed by atoms with E-state index < -0.39 is 18.0 Å². The molecule has 0 aliphatic heterocycles. The number of urea groups is 1. The summed E-state index contributed by atoms with van der Waals surface area (Å²) >= 11 is 0. The summed E-state index contributed by atoms with van der Waals surface area (Å²) in [4.78, 5) is 25.3. The number of aromatic nitrogens is 2. The van der Waals surface area contributed by atoms with Gasteiger partial charge in [-0.05, 0) is 11.6 Å². The standard InChI is InChI=1S/C19H26N4O3/c1-19(2,3)16-11-14(21-22-16)12-23(4)18(26)20-15(17(24)25)10-13-8-6-5-7-9-13/h5-9,11,15H,10,12H2,1-4H3,(H,20,26)(H,21,22)(H,24,25)/t15-/m0/s1. The van der Waals surface area contributed by atoms with Gasteiger partial charge in [0, 0.05) is 18.9 Å². The maximum atomic E-state index is 12.4. The van der Waals surface area contributed by atoms with E-state index in [4.69, 9.17) is 0 Å². The molecule has 0 fully saturated rings. The van der Waals surface area contributed by atoms with Gasteiger partial charge in [-0.1, -0.05) is 51.1 Å². The fourth-order valence-electron chi connectivity index (χ4n) is 2.46. The van der Waals surface area contributed by atoms with Gasteiger partial charge in [-0.25, -0.2) is 9.59 Å². The van der Waals surface area contributed by atoms with Crippen LogP contribution in [-0.4, -0.2) is 45.3 Å². The number of carbonyl (C=O) groups is 2. The van der Waals surface area contributed by atoms with Crippen LogP contribution < -0.4 is 5.32 Å². The average molecular weight is 358 g/mol. The minimum absolute atomic E-state index is 0.0837. The van der Waals surface area contributed by atoms with Gasteiger partial charge in [-0.3, -0.25) is 5.10 Å². The largest absolute Gasteiger partial charge is 0.480 e. The summed E-state index contributed by atoms with van der Waals surface area (Å²) in [6.45, 7) is 6.49. The van der Waals surface area contributed by atoms with Crippen molar-refractivity contribution >= 4 is 12.0 Å². The van der Waals surface area contributed by atoms with Gasteiger partial charge in [0.1, 0.15) is 6.04 Å². The molecule has 0 bridgehead atoms. The zero-order chi connectivity index (χ0) is 19.3. The Morgan fingerprint density at radius 1 is 1.27 bits per heavy atom. The van der Waals surface area contributed by atoms with Crippen LogP contribution in [0.5, 0.6) is 0 Å². The van der Waals surface area contributed by atoms with Gasteiger partial charge < -0.3 is 15.3 Å². The fraction of sp³-hybridized carbons (Fsp3) is 0.421. The van der Waals surface area contributed by atoms with E-state index in [2.05, 4.69) is 36.3 Å². The number of carboxylic acid groups (broad SMARTS) is 1. The highest BCUT2D eigenvalue weighted by Gasteiger charge is 2.23. The predicted octanol–water partition coefficient (Wildman–Crippen LogP) is 2.54. The first-order valence-electron chi connectivity index (χ1n) is 8.50. The molecule has 0 saturated heterocycles. The summed E-state index contributed by atoms with van der Waals surface area (Å²) in [5.41, 5.74) is 2.47. The quantitative estimate of drug-likeness (QED) is 0.739. The van der Waals surface area contributed by atoms with E-state index in [1.807, 2.05) is 36.4 Å². The normalized spacial score (nSPS) is 12.5.